The van der Waals surface area contributed by atoms with Gasteiger partial charge in [0, 0.05) is 23.5 Å². The lowest BCUT2D eigenvalue weighted by atomic mass is 9.94. The van der Waals surface area contributed by atoms with Crippen LogP contribution in [0.1, 0.15) is 30.0 Å². The summed E-state index contributed by atoms with van der Waals surface area (Å²) in [7, 11) is 1.67. The van der Waals surface area contributed by atoms with Gasteiger partial charge in [-0.1, -0.05) is 0 Å². The lowest BCUT2D eigenvalue weighted by Crippen LogP contribution is -2.38. The molecule has 0 amide bonds. The van der Waals surface area contributed by atoms with Gasteiger partial charge in [0.1, 0.15) is 5.75 Å². The highest BCUT2D eigenvalue weighted by molar-refractivity contribution is 5.56. The van der Waals surface area contributed by atoms with Crippen LogP contribution in [0.2, 0.25) is 0 Å². The minimum atomic E-state index is -0.293. The van der Waals surface area contributed by atoms with Crippen LogP contribution >= 0.6 is 0 Å². The van der Waals surface area contributed by atoms with E-state index in [2.05, 4.69) is 22.0 Å². The lowest BCUT2D eigenvalue weighted by molar-refractivity contribution is 0.414. The van der Waals surface area contributed by atoms with Crippen molar-refractivity contribution < 1.29 is 9.13 Å². The average molecular weight is 284 g/mol. The Morgan fingerprint density at radius 2 is 2.00 bits per heavy atom. The number of methoxy groups -OCH3 is 1. The zero-order valence-corrected chi connectivity index (χ0v) is 11.9. The van der Waals surface area contributed by atoms with Crippen LogP contribution in [0.25, 0.3) is 0 Å². The number of aromatic nitrogens is 1. The minimum Gasteiger partial charge on any atom is -0.497 e. The fraction of sp³-hybridized carbons (Fsp3) is 0.353. The summed E-state index contributed by atoms with van der Waals surface area (Å²) in [5, 5.41) is 0. The number of hydrogen-bond acceptors (Lipinski definition) is 3. The third kappa shape index (κ3) is 1.89. The van der Waals surface area contributed by atoms with Gasteiger partial charge < -0.3 is 9.64 Å². The number of pyridine rings is 1. The van der Waals surface area contributed by atoms with E-state index in [1.165, 1.54) is 5.69 Å². The van der Waals surface area contributed by atoms with Crippen molar-refractivity contribution in [2.24, 2.45) is 0 Å². The summed E-state index contributed by atoms with van der Waals surface area (Å²) in [5.74, 6) is 0.567. The Morgan fingerprint density at radius 3 is 2.76 bits per heavy atom. The number of halogens is 1. The molecule has 0 radical (unpaired) electrons. The van der Waals surface area contributed by atoms with Crippen molar-refractivity contribution in [2.45, 2.75) is 31.3 Å². The summed E-state index contributed by atoms with van der Waals surface area (Å²) in [6.07, 6.45) is 4.51. The highest BCUT2D eigenvalue weighted by atomic mass is 19.1. The van der Waals surface area contributed by atoms with Crippen molar-refractivity contribution in [3.05, 3.63) is 53.6 Å². The fourth-order valence-corrected chi connectivity index (χ4v) is 3.76. The first-order valence-corrected chi connectivity index (χ1v) is 7.33. The Bertz CT molecular complexity index is 671. The number of fused-ring (bicyclic) bond motifs is 4. The molecule has 1 aromatic heterocycles. The van der Waals surface area contributed by atoms with Crippen LogP contribution in [0.3, 0.4) is 0 Å². The molecule has 2 aromatic rings. The molecule has 21 heavy (non-hydrogen) atoms. The Balaban J connectivity index is 1.75. The molecule has 3 heterocycles. The van der Waals surface area contributed by atoms with Gasteiger partial charge in [-0.2, -0.15) is 4.39 Å². The van der Waals surface area contributed by atoms with Crippen LogP contribution in [0.15, 0.2) is 36.5 Å². The largest absolute Gasteiger partial charge is 0.497 e. The van der Waals surface area contributed by atoms with E-state index in [0.29, 0.717) is 6.04 Å². The molecule has 1 fully saturated rings. The molecule has 2 bridgehead atoms. The molecule has 1 saturated heterocycles. The topological polar surface area (TPSA) is 25.4 Å². The zero-order chi connectivity index (χ0) is 14.4. The third-order valence-corrected chi connectivity index (χ3v) is 4.71. The van der Waals surface area contributed by atoms with Crippen molar-refractivity contribution in [2.75, 3.05) is 12.0 Å². The molecule has 108 valence electrons. The van der Waals surface area contributed by atoms with E-state index in [1.54, 1.807) is 13.3 Å². The van der Waals surface area contributed by atoms with Gasteiger partial charge in [0.2, 0.25) is 5.95 Å². The van der Waals surface area contributed by atoms with Crippen LogP contribution in [0.5, 0.6) is 5.75 Å². The van der Waals surface area contributed by atoms with Gasteiger partial charge in [-0.3, -0.25) is 0 Å². The Morgan fingerprint density at radius 1 is 1.19 bits per heavy atom. The molecule has 2 aliphatic heterocycles. The molecule has 4 rings (SSSR count). The number of rotatable bonds is 2. The highest BCUT2D eigenvalue weighted by Crippen LogP contribution is 2.46. The van der Waals surface area contributed by atoms with Crippen LogP contribution in [0, 0.1) is 5.95 Å². The summed E-state index contributed by atoms with van der Waals surface area (Å²) >= 11 is 0. The number of anilines is 1. The predicted octanol–water partition coefficient (Wildman–Crippen LogP) is 3.50. The first kappa shape index (κ1) is 12.6. The van der Waals surface area contributed by atoms with E-state index in [4.69, 9.17) is 4.74 Å². The molecular weight excluding hydrogens is 267 g/mol. The quantitative estimate of drug-likeness (QED) is 0.789. The summed E-state index contributed by atoms with van der Waals surface area (Å²) in [6.45, 7) is 0. The zero-order valence-electron chi connectivity index (χ0n) is 11.9. The molecule has 0 aliphatic carbocycles. The van der Waals surface area contributed by atoms with Crippen LogP contribution < -0.4 is 9.64 Å². The molecule has 2 atom stereocenters. The third-order valence-electron chi connectivity index (χ3n) is 4.71. The van der Waals surface area contributed by atoms with Crippen molar-refractivity contribution >= 4 is 5.69 Å². The maximum Gasteiger partial charge on any atom is 0.216 e. The Labute approximate surface area is 123 Å². The van der Waals surface area contributed by atoms with Gasteiger partial charge in [-0.25, -0.2) is 4.98 Å². The smallest absolute Gasteiger partial charge is 0.216 e. The van der Waals surface area contributed by atoms with Crippen molar-refractivity contribution in [1.29, 1.82) is 0 Å². The van der Waals surface area contributed by atoms with Crippen LogP contribution in [-0.4, -0.2) is 18.1 Å². The highest BCUT2D eigenvalue weighted by Gasteiger charge is 2.41. The molecule has 0 N–H and O–H groups in total. The molecule has 0 unspecified atom stereocenters. The lowest BCUT2D eigenvalue weighted by Gasteiger charge is -2.38. The van der Waals surface area contributed by atoms with Gasteiger partial charge in [0.25, 0.3) is 0 Å². The van der Waals surface area contributed by atoms with Gasteiger partial charge in [-0.05, 0) is 55.2 Å². The summed E-state index contributed by atoms with van der Waals surface area (Å²) in [6, 6.07) is 10.8. The van der Waals surface area contributed by atoms with Gasteiger partial charge in [-0.15, -0.1) is 0 Å². The summed E-state index contributed by atoms with van der Waals surface area (Å²) in [4.78, 5) is 6.24. The van der Waals surface area contributed by atoms with E-state index in [-0.39, 0.29) is 12.0 Å². The maximum atomic E-state index is 13.9. The molecular formula is C17H17FN2O. The van der Waals surface area contributed by atoms with Crippen molar-refractivity contribution in [3.63, 3.8) is 0 Å². The Hall–Kier alpha value is -2.10. The van der Waals surface area contributed by atoms with E-state index in [9.17, 15) is 4.39 Å². The number of nitrogens with zero attached hydrogens (tertiary/aromatic N) is 2. The number of hydrogen-bond donors (Lipinski definition) is 0. The van der Waals surface area contributed by atoms with Crippen LogP contribution in [-0.2, 0) is 6.42 Å². The van der Waals surface area contributed by atoms with Gasteiger partial charge in [0.05, 0.1) is 13.2 Å². The fourth-order valence-electron chi connectivity index (χ4n) is 3.76. The first-order valence-electron chi connectivity index (χ1n) is 7.33. The second-order valence-corrected chi connectivity index (χ2v) is 5.73. The van der Waals surface area contributed by atoms with Crippen molar-refractivity contribution in [3.8, 4) is 5.75 Å². The number of benzene rings is 1. The molecule has 0 spiro atoms. The van der Waals surface area contributed by atoms with E-state index >= 15 is 0 Å². The first-order chi connectivity index (χ1) is 10.3. The standard InChI is InChI=1S/C17H17FN2O/c1-21-13-5-2-11(3-6-13)20-12-4-7-16(20)14-8-9-19-17(18)15(14)10-12/h2-3,5-6,8-9,12,16H,4,7,10H2,1H3/t12-,16+/m1/s1. The summed E-state index contributed by atoms with van der Waals surface area (Å²) in [5.41, 5.74) is 3.10. The second-order valence-electron chi connectivity index (χ2n) is 5.73. The van der Waals surface area contributed by atoms with Gasteiger partial charge >= 0.3 is 0 Å². The SMILES string of the molecule is COc1ccc(N2[C@@H]3CC[C@H]2c2ccnc(F)c2C3)cc1. The van der Waals surface area contributed by atoms with Crippen molar-refractivity contribution in [1.82, 2.24) is 4.98 Å². The molecule has 2 aliphatic rings. The molecule has 4 heteroatoms. The normalized spacial score (nSPS) is 23.0. The average Bonchev–Trinajstić information content (AvgIpc) is 2.84. The van der Waals surface area contributed by atoms with E-state index in [1.807, 2.05) is 18.2 Å². The molecule has 0 saturated carbocycles. The maximum absolute atomic E-state index is 13.9. The predicted molar refractivity (Wildman–Crippen MR) is 79.1 cm³/mol. The molecule has 3 nitrogen and oxygen atoms in total. The van der Waals surface area contributed by atoms with Gasteiger partial charge in [0.15, 0.2) is 0 Å². The monoisotopic (exact) mass is 284 g/mol. The second kappa shape index (κ2) is 4.72. The summed E-state index contributed by atoms with van der Waals surface area (Å²) < 4.78 is 19.1. The van der Waals surface area contributed by atoms with E-state index in [0.717, 1.165) is 36.1 Å². The molecule has 1 aromatic carbocycles. The van der Waals surface area contributed by atoms with Crippen LogP contribution in [0.4, 0.5) is 10.1 Å². The minimum absolute atomic E-state index is 0.268. The number of ether oxygens (including phenoxy) is 1. The Kier molecular flexibility index (Phi) is 2.84. The van der Waals surface area contributed by atoms with E-state index < -0.39 is 0 Å².